The van der Waals surface area contributed by atoms with E-state index in [9.17, 15) is 4.79 Å². The Morgan fingerprint density at radius 3 is 2.67 bits per heavy atom. The highest BCUT2D eigenvalue weighted by molar-refractivity contribution is 6.30. The van der Waals surface area contributed by atoms with Crippen molar-refractivity contribution in [1.29, 1.82) is 0 Å². The Kier molecular flexibility index (Phi) is 5.62. The van der Waals surface area contributed by atoms with Crippen LogP contribution in [0.5, 0.6) is 0 Å². The molecule has 0 unspecified atom stereocenters. The molecule has 0 bridgehead atoms. The zero-order chi connectivity index (χ0) is 13.7. The number of hydrogen-bond acceptors (Lipinski definition) is 3. The number of hydrogen-bond donors (Lipinski definition) is 2. The minimum absolute atomic E-state index is 0.00126. The van der Waals surface area contributed by atoms with Gasteiger partial charge in [0, 0.05) is 25.7 Å². The van der Waals surface area contributed by atoms with Crippen LogP contribution in [0.25, 0.3) is 0 Å². The summed E-state index contributed by atoms with van der Waals surface area (Å²) in [6.07, 6.45) is 0. The molecule has 0 atom stereocenters. The second kappa shape index (κ2) is 6.75. The maximum absolute atomic E-state index is 11.5. The van der Waals surface area contributed by atoms with Crippen LogP contribution in [0.3, 0.4) is 0 Å². The van der Waals surface area contributed by atoms with Crippen molar-refractivity contribution in [3.63, 3.8) is 0 Å². The fraction of sp³-hybridized carbons (Fsp3) is 0.667. The Morgan fingerprint density at radius 1 is 1.50 bits per heavy atom. The van der Waals surface area contributed by atoms with E-state index in [0.29, 0.717) is 24.2 Å². The SMILES string of the molecule is Cc1nn(C)c(Cl)c1CNCC(=O)NCC(C)C. The van der Waals surface area contributed by atoms with Crippen molar-refractivity contribution < 1.29 is 4.79 Å². The largest absolute Gasteiger partial charge is 0.355 e. The van der Waals surface area contributed by atoms with Gasteiger partial charge in [-0.15, -0.1) is 0 Å². The van der Waals surface area contributed by atoms with Crippen molar-refractivity contribution in [2.24, 2.45) is 13.0 Å². The third-order valence-corrected chi connectivity index (χ3v) is 3.04. The maximum atomic E-state index is 11.5. The van der Waals surface area contributed by atoms with Crippen molar-refractivity contribution >= 4 is 17.5 Å². The lowest BCUT2D eigenvalue weighted by Gasteiger charge is -2.08. The first kappa shape index (κ1) is 15.0. The summed E-state index contributed by atoms with van der Waals surface area (Å²) in [4.78, 5) is 11.5. The van der Waals surface area contributed by atoms with Crippen LogP contribution in [-0.4, -0.2) is 28.8 Å². The van der Waals surface area contributed by atoms with Gasteiger partial charge in [-0.3, -0.25) is 9.48 Å². The molecule has 0 aliphatic carbocycles. The third kappa shape index (κ3) is 4.31. The molecule has 0 fully saturated rings. The molecule has 102 valence electrons. The normalized spacial score (nSPS) is 11.0. The second-order valence-corrected chi connectivity index (χ2v) is 5.14. The minimum Gasteiger partial charge on any atom is -0.355 e. The highest BCUT2D eigenvalue weighted by atomic mass is 35.5. The molecule has 0 aromatic carbocycles. The van der Waals surface area contributed by atoms with E-state index in [1.807, 2.05) is 6.92 Å². The van der Waals surface area contributed by atoms with E-state index < -0.39 is 0 Å². The fourth-order valence-electron chi connectivity index (χ4n) is 1.56. The van der Waals surface area contributed by atoms with Crippen molar-refractivity contribution in [1.82, 2.24) is 20.4 Å². The molecule has 1 aromatic rings. The van der Waals surface area contributed by atoms with Gasteiger partial charge in [-0.2, -0.15) is 5.10 Å². The van der Waals surface area contributed by atoms with Gasteiger partial charge in [-0.25, -0.2) is 0 Å². The lowest BCUT2D eigenvalue weighted by atomic mass is 10.2. The van der Waals surface area contributed by atoms with Crippen LogP contribution >= 0.6 is 11.6 Å². The van der Waals surface area contributed by atoms with Gasteiger partial charge >= 0.3 is 0 Å². The Labute approximate surface area is 113 Å². The molecule has 5 nitrogen and oxygen atoms in total. The number of aromatic nitrogens is 2. The van der Waals surface area contributed by atoms with Crippen LogP contribution in [0.2, 0.25) is 5.15 Å². The molecule has 1 rings (SSSR count). The number of halogens is 1. The molecule has 0 aliphatic rings. The van der Waals surface area contributed by atoms with Crippen LogP contribution in [0, 0.1) is 12.8 Å². The lowest BCUT2D eigenvalue weighted by Crippen LogP contribution is -2.35. The molecule has 0 saturated carbocycles. The smallest absolute Gasteiger partial charge is 0.233 e. The molecule has 6 heteroatoms. The summed E-state index contributed by atoms with van der Waals surface area (Å²) in [6, 6.07) is 0. The van der Waals surface area contributed by atoms with Gasteiger partial charge in [0.2, 0.25) is 5.91 Å². The molecule has 2 N–H and O–H groups in total. The van der Waals surface area contributed by atoms with Crippen LogP contribution in [0.15, 0.2) is 0 Å². The highest BCUT2D eigenvalue weighted by Gasteiger charge is 2.11. The number of aryl methyl sites for hydroxylation is 2. The van der Waals surface area contributed by atoms with Gasteiger partial charge < -0.3 is 10.6 Å². The van der Waals surface area contributed by atoms with Gasteiger partial charge in [0.15, 0.2) is 0 Å². The van der Waals surface area contributed by atoms with E-state index in [4.69, 9.17) is 11.6 Å². The van der Waals surface area contributed by atoms with Crippen molar-refractivity contribution in [2.75, 3.05) is 13.1 Å². The van der Waals surface area contributed by atoms with Gasteiger partial charge in [-0.05, 0) is 12.8 Å². The van der Waals surface area contributed by atoms with Gasteiger partial charge in [-0.1, -0.05) is 25.4 Å². The quantitative estimate of drug-likeness (QED) is 0.819. The predicted octanol–water partition coefficient (Wildman–Crippen LogP) is 1.24. The van der Waals surface area contributed by atoms with Crippen LogP contribution in [0.4, 0.5) is 0 Å². The number of carbonyl (C=O) groups excluding carboxylic acids is 1. The Balaban J connectivity index is 2.35. The van der Waals surface area contributed by atoms with Gasteiger partial charge in [0.25, 0.3) is 0 Å². The predicted molar refractivity (Wildman–Crippen MR) is 72.5 cm³/mol. The van der Waals surface area contributed by atoms with Crippen LogP contribution in [-0.2, 0) is 18.4 Å². The molecule has 0 saturated heterocycles. The molecule has 1 heterocycles. The van der Waals surface area contributed by atoms with Crippen molar-refractivity contribution in [3.8, 4) is 0 Å². The van der Waals surface area contributed by atoms with E-state index in [-0.39, 0.29) is 12.5 Å². The monoisotopic (exact) mass is 272 g/mol. The fourth-order valence-corrected chi connectivity index (χ4v) is 1.80. The molecule has 0 radical (unpaired) electrons. The summed E-state index contributed by atoms with van der Waals surface area (Å²) in [5, 5.41) is 10.7. The van der Waals surface area contributed by atoms with Gasteiger partial charge in [0.1, 0.15) is 5.15 Å². The standard InChI is InChI=1S/C12H21ClN4O/c1-8(2)5-15-11(18)7-14-6-10-9(3)16-17(4)12(10)13/h8,14H,5-7H2,1-4H3,(H,15,18). The number of nitrogens with zero attached hydrogens (tertiary/aromatic N) is 2. The van der Waals surface area contributed by atoms with Gasteiger partial charge in [0.05, 0.1) is 12.2 Å². The average Bonchev–Trinajstić information content (AvgIpc) is 2.53. The minimum atomic E-state index is 0.00126. The molecule has 1 aromatic heterocycles. The van der Waals surface area contributed by atoms with Crippen LogP contribution < -0.4 is 10.6 Å². The van der Waals surface area contributed by atoms with E-state index >= 15 is 0 Å². The van der Waals surface area contributed by atoms with E-state index in [1.54, 1.807) is 11.7 Å². The molecule has 18 heavy (non-hydrogen) atoms. The Bertz CT molecular complexity index is 414. The number of amides is 1. The average molecular weight is 273 g/mol. The number of carbonyl (C=O) groups is 1. The molecule has 0 spiro atoms. The van der Waals surface area contributed by atoms with Crippen molar-refractivity contribution in [2.45, 2.75) is 27.3 Å². The summed E-state index contributed by atoms with van der Waals surface area (Å²) < 4.78 is 1.63. The summed E-state index contributed by atoms with van der Waals surface area (Å²) in [6.45, 7) is 7.57. The first-order chi connectivity index (χ1) is 8.41. The molecule has 0 aliphatic heterocycles. The zero-order valence-electron chi connectivity index (χ0n) is 11.4. The second-order valence-electron chi connectivity index (χ2n) is 4.78. The Morgan fingerprint density at radius 2 is 2.17 bits per heavy atom. The maximum Gasteiger partial charge on any atom is 0.233 e. The summed E-state index contributed by atoms with van der Waals surface area (Å²) in [7, 11) is 1.80. The van der Waals surface area contributed by atoms with E-state index in [2.05, 4.69) is 29.6 Å². The zero-order valence-corrected chi connectivity index (χ0v) is 12.1. The number of nitrogens with one attached hydrogen (secondary N) is 2. The molecule has 1 amide bonds. The first-order valence-electron chi connectivity index (χ1n) is 6.07. The Hall–Kier alpha value is -1.07. The lowest BCUT2D eigenvalue weighted by molar-refractivity contribution is -0.120. The highest BCUT2D eigenvalue weighted by Crippen LogP contribution is 2.17. The topological polar surface area (TPSA) is 59.0 Å². The summed E-state index contributed by atoms with van der Waals surface area (Å²) >= 11 is 6.09. The van der Waals surface area contributed by atoms with Crippen molar-refractivity contribution in [3.05, 3.63) is 16.4 Å². The number of rotatable bonds is 6. The first-order valence-corrected chi connectivity index (χ1v) is 6.45. The van der Waals surface area contributed by atoms with E-state index in [1.165, 1.54) is 0 Å². The molecular weight excluding hydrogens is 252 g/mol. The molecular formula is C12H21ClN4O. The summed E-state index contributed by atoms with van der Waals surface area (Å²) in [5.74, 6) is 0.463. The third-order valence-electron chi connectivity index (χ3n) is 2.56. The van der Waals surface area contributed by atoms with Crippen LogP contribution in [0.1, 0.15) is 25.1 Å². The summed E-state index contributed by atoms with van der Waals surface area (Å²) in [5.41, 5.74) is 1.83. The van der Waals surface area contributed by atoms with E-state index in [0.717, 1.165) is 11.3 Å².